The molecule has 0 unspecified atom stereocenters. The highest BCUT2D eigenvalue weighted by atomic mass is 15.1. The van der Waals surface area contributed by atoms with E-state index in [1.807, 2.05) is 0 Å². The quantitative estimate of drug-likeness (QED) is 0.172. The first-order valence-electron chi connectivity index (χ1n) is 17.6. The molecule has 1 nitrogen and oxygen atoms in total. The van der Waals surface area contributed by atoms with E-state index < -0.39 is 0 Å². The fraction of sp³-hybridized carbons (Fsp3) is 0. The number of hydrogen-bond donors (Lipinski definition) is 0. The predicted molar refractivity (Wildman–Crippen MR) is 219 cm³/mol. The van der Waals surface area contributed by atoms with Crippen molar-refractivity contribution in [3.05, 3.63) is 199 Å². The monoisotopic (exact) mass is 647 g/mol. The molecule has 0 atom stereocenters. The summed E-state index contributed by atoms with van der Waals surface area (Å²) >= 11 is 0. The van der Waals surface area contributed by atoms with Crippen molar-refractivity contribution in [2.45, 2.75) is 0 Å². The largest absolute Gasteiger partial charge is 0.309 e. The van der Waals surface area contributed by atoms with E-state index in [1.54, 1.807) is 0 Å². The van der Waals surface area contributed by atoms with Gasteiger partial charge in [-0.05, 0) is 107 Å². The molecular formula is C50H33N. The molecule has 238 valence electrons. The summed E-state index contributed by atoms with van der Waals surface area (Å²) in [5, 5.41) is 7.55. The standard InChI is InChI=1S/C50H33N/c1-4-16-34(17-5-1)43-33-44(35-18-6-2-7-19-35)49-41-25-13-12-24-40(41)45-32-39(30-31-42(45)50(49)48(43)38-22-8-3-9-23-38)51-46-26-14-10-20-36(46)28-29-37-21-11-15-27-47(37)51/h1-33H. The van der Waals surface area contributed by atoms with Gasteiger partial charge in [0.1, 0.15) is 0 Å². The first-order valence-corrected chi connectivity index (χ1v) is 17.6. The molecule has 0 saturated carbocycles. The second kappa shape index (κ2) is 12.0. The van der Waals surface area contributed by atoms with Crippen LogP contribution >= 0.6 is 0 Å². The Kier molecular flexibility index (Phi) is 6.89. The molecule has 10 rings (SSSR count). The van der Waals surface area contributed by atoms with Crippen LogP contribution in [0.2, 0.25) is 0 Å². The normalized spacial score (nSPS) is 12.2. The number of nitrogens with zero attached hydrogens (tertiary/aromatic N) is 1. The zero-order valence-corrected chi connectivity index (χ0v) is 28.0. The summed E-state index contributed by atoms with van der Waals surface area (Å²) in [5.41, 5.74) is 13.2. The van der Waals surface area contributed by atoms with Gasteiger partial charge in [-0.25, -0.2) is 0 Å². The molecule has 0 aliphatic carbocycles. The molecule has 1 aliphatic heterocycles. The van der Waals surface area contributed by atoms with Crippen molar-refractivity contribution in [3.63, 3.8) is 0 Å². The number of benzene rings is 9. The summed E-state index contributed by atoms with van der Waals surface area (Å²) in [6.45, 7) is 0. The van der Waals surface area contributed by atoms with Gasteiger partial charge in [0, 0.05) is 5.69 Å². The van der Waals surface area contributed by atoms with Gasteiger partial charge in [-0.15, -0.1) is 0 Å². The minimum Gasteiger partial charge on any atom is -0.309 e. The molecule has 0 spiro atoms. The van der Waals surface area contributed by atoms with Gasteiger partial charge >= 0.3 is 0 Å². The zero-order valence-electron chi connectivity index (χ0n) is 28.0. The molecule has 0 amide bonds. The van der Waals surface area contributed by atoms with E-state index in [0.717, 1.165) is 5.69 Å². The van der Waals surface area contributed by atoms with Crippen LogP contribution < -0.4 is 4.90 Å². The Morgan fingerprint density at radius 1 is 0.314 bits per heavy atom. The highest BCUT2D eigenvalue weighted by Crippen LogP contribution is 2.50. The Balaban J connectivity index is 1.38. The summed E-state index contributed by atoms with van der Waals surface area (Å²) in [4.78, 5) is 2.43. The topological polar surface area (TPSA) is 3.24 Å². The van der Waals surface area contributed by atoms with Crippen molar-refractivity contribution in [3.8, 4) is 33.4 Å². The number of anilines is 3. The van der Waals surface area contributed by atoms with Gasteiger partial charge in [-0.2, -0.15) is 0 Å². The molecule has 0 fully saturated rings. The van der Waals surface area contributed by atoms with Crippen LogP contribution in [0.1, 0.15) is 11.1 Å². The Labute approximate surface area is 298 Å². The molecule has 1 heteroatoms. The lowest BCUT2D eigenvalue weighted by Crippen LogP contribution is -2.11. The second-order valence-electron chi connectivity index (χ2n) is 13.3. The average Bonchev–Trinajstić information content (AvgIpc) is 3.38. The van der Waals surface area contributed by atoms with Crippen molar-refractivity contribution in [1.82, 2.24) is 0 Å². The van der Waals surface area contributed by atoms with E-state index >= 15 is 0 Å². The third-order valence-corrected chi connectivity index (χ3v) is 10.4. The number of hydrogen-bond acceptors (Lipinski definition) is 1. The van der Waals surface area contributed by atoms with E-state index in [-0.39, 0.29) is 0 Å². The molecular weight excluding hydrogens is 615 g/mol. The van der Waals surface area contributed by atoms with Gasteiger partial charge in [0.05, 0.1) is 11.4 Å². The highest BCUT2D eigenvalue weighted by Gasteiger charge is 2.24. The van der Waals surface area contributed by atoms with Crippen LogP contribution in [0.25, 0.3) is 77.9 Å². The smallest absolute Gasteiger partial charge is 0.0534 e. The number of rotatable bonds is 4. The molecule has 0 bridgehead atoms. The maximum atomic E-state index is 2.43. The number of para-hydroxylation sites is 2. The van der Waals surface area contributed by atoms with Crippen LogP contribution in [0.15, 0.2) is 188 Å². The van der Waals surface area contributed by atoms with Crippen molar-refractivity contribution in [2.24, 2.45) is 0 Å². The van der Waals surface area contributed by atoms with E-state index in [9.17, 15) is 0 Å². The van der Waals surface area contributed by atoms with E-state index in [2.05, 4.69) is 205 Å². The molecule has 0 radical (unpaired) electrons. The van der Waals surface area contributed by atoms with Crippen LogP contribution in [0, 0.1) is 0 Å². The van der Waals surface area contributed by atoms with Crippen molar-refractivity contribution >= 4 is 61.5 Å². The van der Waals surface area contributed by atoms with Crippen LogP contribution in [0.5, 0.6) is 0 Å². The van der Waals surface area contributed by atoms with Crippen LogP contribution in [0.3, 0.4) is 0 Å². The van der Waals surface area contributed by atoms with Gasteiger partial charge in [0.15, 0.2) is 0 Å². The molecule has 0 N–H and O–H groups in total. The minimum absolute atomic E-state index is 1.14. The minimum atomic E-state index is 1.14. The van der Waals surface area contributed by atoms with Gasteiger partial charge in [-0.3, -0.25) is 0 Å². The third kappa shape index (κ3) is 4.78. The van der Waals surface area contributed by atoms with Crippen molar-refractivity contribution < 1.29 is 0 Å². The Morgan fingerprint density at radius 3 is 1.43 bits per heavy atom. The number of fused-ring (bicyclic) bond motifs is 8. The zero-order chi connectivity index (χ0) is 33.7. The summed E-state index contributed by atoms with van der Waals surface area (Å²) in [6, 6.07) is 68.6. The molecule has 0 aromatic heterocycles. The first kappa shape index (κ1) is 29.2. The highest BCUT2D eigenvalue weighted by molar-refractivity contribution is 6.33. The maximum absolute atomic E-state index is 2.43. The maximum Gasteiger partial charge on any atom is 0.0534 e. The molecule has 1 heterocycles. The fourth-order valence-electron chi connectivity index (χ4n) is 8.13. The van der Waals surface area contributed by atoms with Gasteiger partial charge in [-0.1, -0.05) is 170 Å². The van der Waals surface area contributed by atoms with Gasteiger partial charge in [0.2, 0.25) is 0 Å². The molecule has 9 aromatic rings. The van der Waals surface area contributed by atoms with Crippen LogP contribution in [-0.2, 0) is 0 Å². The summed E-state index contributed by atoms with van der Waals surface area (Å²) in [7, 11) is 0. The van der Waals surface area contributed by atoms with Gasteiger partial charge in [0.25, 0.3) is 0 Å². The lowest BCUT2D eigenvalue weighted by Gasteiger charge is -2.28. The SMILES string of the molecule is C1=Cc2ccccc2N(c2ccc3c(c2)c2ccccc2c2c(-c4ccccc4)cc(-c4ccccc4)c(-c4ccccc4)c32)c2ccccc21. The fourth-order valence-corrected chi connectivity index (χ4v) is 8.13. The van der Waals surface area contributed by atoms with E-state index in [0.29, 0.717) is 0 Å². The summed E-state index contributed by atoms with van der Waals surface area (Å²) < 4.78 is 0. The van der Waals surface area contributed by atoms with Crippen LogP contribution in [-0.4, -0.2) is 0 Å². The molecule has 9 aromatic carbocycles. The van der Waals surface area contributed by atoms with Crippen molar-refractivity contribution in [2.75, 3.05) is 4.90 Å². The third-order valence-electron chi connectivity index (χ3n) is 10.4. The Bertz CT molecular complexity index is 2730. The second-order valence-corrected chi connectivity index (χ2v) is 13.3. The average molecular weight is 648 g/mol. The van der Waals surface area contributed by atoms with E-state index in [1.165, 1.54) is 88.2 Å². The first-order chi connectivity index (χ1) is 25.3. The molecule has 1 aliphatic rings. The summed E-state index contributed by atoms with van der Waals surface area (Å²) in [6.07, 6.45) is 4.47. The van der Waals surface area contributed by atoms with Crippen molar-refractivity contribution in [1.29, 1.82) is 0 Å². The predicted octanol–water partition coefficient (Wildman–Crippen LogP) is 14.1. The van der Waals surface area contributed by atoms with E-state index in [4.69, 9.17) is 0 Å². The lowest BCUT2D eigenvalue weighted by molar-refractivity contribution is 1.28. The molecule has 0 saturated heterocycles. The Hall–Kier alpha value is -6.70. The Morgan fingerprint density at radius 2 is 0.804 bits per heavy atom. The molecule has 51 heavy (non-hydrogen) atoms. The lowest BCUT2D eigenvalue weighted by atomic mass is 9.81. The van der Waals surface area contributed by atoms with Gasteiger partial charge < -0.3 is 4.90 Å². The summed E-state index contributed by atoms with van der Waals surface area (Å²) in [5.74, 6) is 0. The van der Waals surface area contributed by atoms with Crippen LogP contribution in [0.4, 0.5) is 17.1 Å².